The molecule has 0 saturated carbocycles. The molecule has 23 heavy (non-hydrogen) atoms. The topological polar surface area (TPSA) is 79.3 Å². The third kappa shape index (κ3) is 3.38. The molecule has 122 valence electrons. The zero-order valence-electron chi connectivity index (χ0n) is 13.0. The molecular formula is C16H17ClN2O3S. The largest absolute Gasteiger partial charge is 0.479 e. The number of aryl methyl sites for hydroxylation is 2. The van der Waals surface area contributed by atoms with Crippen molar-refractivity contribution in [2.75, 3.05) is 0 Å². The first-order valence-corrected chi connectivity index (χ1v) is 8.25. The van der Waals surface area contributed by atoms with E-state index in [1.54, 1.807) is 45.0 Å². The third-order valence-corrected chi connectivity index (χ3v) is 4.82. The van der Waals surface area contributed by atoms with E-state index < -0.39 is 17.4 Å². The number of carboxylic acid groups (broad SMARTS) is 1. The van der Waals surface area contributed by atoms with Crippen LogP contribution in [0.5, 0.6) is 0 Å². The number of aromatic nitrogens is 1. The molecule has 7 heteroatoms. The molecule has 0 radical (unpaired) electrons. The Morgan fingerprint density at radius 1 is 1.30 bits per heavy atom. The van der Waals surface area contributed by atoms with Crippen LogP contribution in [0.1, 0.15) is 39.3 Å². The van der Waals surface area contributed by atoms with Crippen LogP contribution in [0.25, 0.3) is 0 Å². The SMILES string of the molecule is CCC(NC(=O)c1nc(C)sc1C)(C(=O)O)c1ccc(Cl)cc1. The van der Waals surface area contributed by atoms with Gasteiger partial charge in [0, 0.05) is 9.90 Å². The molecule has 1 heterocycles. The highest BCUT2D eigenvalue weighted by Gasteiger charge is 2.41. The Balaban J connectivity index is 2.43. The molecule has 1 aromatic heterocycles. The molecule has 0 bridgehead atoms. The molecular weight excluding hydrogens is 336 g/mol. The summed E-state index contributed by atoms with van der Waals surface area (Å²) < 4.78 is 0. The zero-order valence-corrected chi connectivity index (χ0v) is 14.6. The summed E-state index contributed by atoms with van der Waals surface area (Å²) in [6, 6.07) is 6.43. The summed E-state index contributed by atoms with van der Waals surface area (Å²) in [5, 5.41) is 13.7. The molecule has 1 unspecified atom stereocenters. The van der Waals surface area contributed by atoms with E-state index in [4.69, 9.17) is 11.6 Å². The number of nitrogens with one attached hydrogen (secondary N) is 1. The van der Waals surface area contributed by atoms with Gasteiger partial charge in [-0.15, -0.1) is 11.3 Å². The maximum Gasteiger partial charge on any atom is 0.334 e. The number of carbonyl (C=O) groups is 2. The molecule has 2 aromatic rings. The van der Waals surface area contributed by atoms with Gasteiger partial charge in [0.1, 0.15) is 5.69 Å². The normalized spacial score (nSPS) is 13.4. The fourth-order valence-corrected chi connectivity index (χ4v) is 3.36. The van der Waals surface area contributed by atoms with Gasteiger partial charge in [-0.1, -0.05) is 30.7 Å². The lowest BCUT2D eigenvalue weighted by molar-refractivity contribution is -0.145. The lowest BCUT2D eigenvalue weighted by Crippen LogP contribution is -2.51. The van der Waals surface area contributed by atoms with Gasteiger partial charge in [-0.3, -0.25) is 4.79 Å². The van der Waals surface area contributed by atoms with Crippen molar-refractivity contribution in [3.63, 3.8) is 0 Å². The molecule has 1 aromatic carbocycles. The maximum absolute atomic E-state index is 12.5. The Morgan fingerprint density at radius 3 is 2.35 bits per heavy atom. The van der Waals surface area contributed by atoms with Crippen molar-refractivity contribution in [3.05, 3.63) is 50.4 Å². The van der Waals surface area contributed by atoms with Gasteiger partial charge in [-0.25, -0.2) is 9.78 Å². The number of rotatable bonds is 5. The van der Waals surface area contributed by atoms with Crippen molar-refractivity contribution in [1.29, 1.82) is 0 Å². The summed E-state index contributed by atoms with van der Waals surface area (Å²) in [5.74, 6) is -1.62. The molecule has 0 spiro atoms. The number of halogens is 1. The predicted octanol–water partition coefficient (Wildman–Crippen LogP) is 3.53. The van der Waals surface area contributed by atoms with Gasteiger partial charge in [-0.05, 0) is 38.0 Å². The molecule has 0 aliphatic heterocycles. The van der Waals surface area contributed by atoms with Gasteiger partial charge < -0.3 is 10.4 Å². The number of hydrogen-bond donors (Lipinski definition) is 2. The van der Waals surface area contributed by atoms with Crippen molar-refractivity contribution < 1.29 is 14.7 Å². The van der Waals surface area contributed by atoms with Crippen LogP contribution < -0.4 is 5.32 Å². The molecule has 0 aliphatic rings. The van der Waals surface area contributed by atoms with E-state index in [1.165, 1.54) is 11.3 Å². The van der Waals surface area contributed by atoms with E-state index in [0.717, 1.165) is 9.88 Å². The number of thiazole rings is 1. The Hall–Kier alpha value is -1.92. The Kier molecular flexibility index (Phi) is 5.06. The number of benzene rings is 1. The summed E-state index contributed by atoms with van der Waals surface area (Å²) in [4.78, 5) is 29.4. The van der Waals surface area contributed by atoms with Crippen LogP contribution in [0.2, 0.25) is 5.02 Å². The van der Waals surface area contributed by atoms with Crippen molar-refractivity contribution in [2.45, 2.75) is 32.7 Å². The van der Waals surface area contributed by atoms with E-state index in [9.17, 15) is 14.7 Å². The Morgan fingerprint density at radius 2 is 1.91 bits per heavy atom. The molecule has 2 N–H and O–H groups in total. The minimum atomic E-state index is -1.52. The van der Waals surface area contributed by atoms with Gasteiger partial charge >= 0.3 is 5.97 Å². The maximum atomic E-state index is 12.5. The van der Waals surface area contributed by atoms with Crippen molar-refractivity contribution >= 4 is 34.8 Å². The number of carboxylic acids is 1. The van der Waals surface area contributed by atoms with Crippen LogP contribution in [0, 0.1) is 13.8 Å². The zero-order chi connectivity index (χ0) is 17.2. The minimum Gasteiger partial charge on any atom is -0.479 e. The van der Waals surface area contributed by atoms with Crippen LogP contribution in [0.3, 0.4) is 0 Å². The number of nitrogens with zero attached hydrogens (tertiary/aromatic N) is 1. The van der Waals surface area contributed by atoms with E-state index in [0.29, 0.717) is 10.6 Å². The van der Waals surface area contributed by atoms with Gasteiger partial charge in [0.2, 0.25) is 0 Å². The highest BCUT2D eigenvalue weighted by Crippen LogP contribution is 2.28. The highest BCUT2D eigenvalue weighted by atomic mass is 35.5. The molecule has 0 saturated heterocycles. The first kappa shape index (κ1) is 17.4. The fraction of sp³-hybridized carbons (Fsp3) is 0.312. The standard InChI is InChI=1S/C16H17ClN2O3S/c1-4-16(15(21)22,11-5-7-12(17)8-6-11)19-14(20)13-9(2)23-10(3)18-13/h5-8H,4H2,1-3H3,(H,19,20)(H,21,22). The first-order valence-electron chi connectivity index (χ1n) is 7.06. The average Bonchev–Trinajstić information content (AvgIpc) is 2.84. The number of aliphatic carboxylic acids is 1. The second-order valence-electron chi connectivity index (χ2n) is 5.16. The monoisotopic (exact) mass is 352 g/mol. The summed E-state index contributed by atoms with van der Waals surface area (Å²) in [6.07, 6.45) is 0.192. The van der Waals surface area contributed by atoms with E-state index in [-0.39, 0.29) is 12.1 Å². The van der Waals surface area contributed by atoms with Crippen molar-refractivity contribution in [3.8, 4) is 0 Å². The summed E-state index contributed by atoms with van der Waals surface area (Å²) in [7, 11) is 0. The average molecular weight is 353 g/mol. The number of amides is 1. The molecule has 1 amide bonds. The molecule has 1 atom stereocenters. The van der Waals surface area contributed by atoms with Gasteiger partial charge in [-0.2, -0.15) is 0 Å². The number of carbonyl (C=O) groups excluding carboxylic acids is 1. The lowest BCUT2D eigenvalue weighted by Gasteiger charge is -2.29. The van der Waals surface area contributed by atoms with Crippen LogP contribution in [-0.4, -0.2) is 22.0 Å². The number of hydrogen-bond acceptors (Lipinski definition) is 4. The first-order chi connectivity index (χ1) is 10.8. The highest BCUT2D eigenvalue weighted by molar-refractivity contribution is 7.11. The second kappa shape index (κ2) is 6.68. The summed E-state index contributed by atoms with van der Waals surface area (Å²) in [5.41, 5.74) is -0.790. The van der Waals surface area contributed by atoms with Gasteiger partial charge in [0.15, 0.2) is 5.54 Å². The van der Waals surface area contributed by atoms with E-state index >= 15 is 0 Å². The predicted molar refractivity (Wildman–Crippen MR) is 90.1 cm³/mol. The Labute approximate surface area is 143 Å². The Bertz CT molecular complexity index is 742. The fourth-order valence-electron chi connectivity index (χ4n) is 2.42. The van der Waals surface area contributed by atoms with Gasteiger partial charge in [0.25, 0.3) is 5.91 Å². The van der Waals surface area contributed by atoms with Crippen LogP contribution in [-0.2, 0) is 10.3 Å². The lowest BCUT2D eigenvalue weighted by atomic mass is 9.87. The second-order valence-corrected chi connectivity index (χ2v) is 7.01. The van der Waals surface area contributed by atoms with Crippen LogP contribution in [0.4, 0.5) is 0 Å². The van der Waals surface area contributed by atoms with E-state index in [2.05, 4.69) is 10.3 Å². The molecule has 2 rings (SSSR count). The van der Waals surface area contributed by atoms with Crippen LogP contribution >= 0.6 is 22.9 Å². The summed E-state index contributed by atoms with van der Waals surface area (Å²) in [6.45, 7) is 5.30. The van der Waals surface area contributed by atoms with Crippen molar-refractivity contribution in [2.24, 2.45) is 0 Å². The van der Waals surface area contributed by atoms with Crippen LogP contribution in [0.15, 0.2) is 24.3 Å². The van der Waals surface area contributed by atoms with E-state index in [1.807, 2.05) is 0 Å². The minimum absolute atomic E-state index is 0.192. The molecule has 5 nitrogen and oxygen atoms in total. The smallest absolute Gasteiger partial charge is 0.334 e. The van der Waals surface area contributed by atoms with Gasteiger partial charge in [0.05, 0.1) is 5.01 Å². The summed E-state index contributed by atoms with van der Waals surface area (Å²) >= 11 is 7.27. The van der Waals surface area contributed by atoms with Crippen molar-refractivity contribution in [1.82, 2.24) is 10.3 Å². The molecule has 0 aliphatic carbocycles. The third-order valence-electron chi connectivity index (χ3n) is 3.68. The molecule has 0 fully saturated rings. The quantitative estimate of drug-likeness (QED) is 0.862.